The smallest absolute Gasteiger partial charge is 0.291 e. The van der Waals surface area contributed by atoms with Crippen LogP contribution in [0.25, 0.3) is 0 Å². The van der Waals surface area contributed by atoms with E-state index in [9.17, 15) is 4.79 Å². The van der Waals surface area contributed by atoms with Gasteiger partial charge < -0.3 is 28.7 Å². The fourth-order valence-electron chi connectivity index (χ4n) is 3.62. The van der Waals surface area contributed by atoms with E-state index in [2.05, 4.69) is 10.4 Å². The number of aromatic nitrogens is 2. The number of nitrogens with one attached hydrogen (secondary N) is 1. The Bertz CT molecular complexity index is 1300. The summed E-state index contributed by atoms with van der Waals surface area (Å²) in [6, 6.07) is 16.5. The zero-order valence-electron chi connectivity index (χ0n) is 21.2. The molecule has 9 nitrogen and oxygen atoms in total. The maximum atomic E-state index is 12.7. The highest BCUT2D eigenvalue weighted by Crippen LogP contribution is 2.29. The van der Waals surface area contributed by atoms with Crippen LogP contribution in [0.2, 0.25) is 0 Å². The summed E-state index contributed by atoms with van der Waals surface area (Å²) in [7, 11) is 0. The van der Waals surface area contributed by atoms with E-state index in [-0.39, 0.29) is 18.3 Å². The Morgan fingerprint density at radius 3 is 2.30 bits per heavy atom. The van der Waals surface area contributed by atoms with Gasteiger partial charge in [0.2, 0.25) is 0 Å². The van der Waals surface area contributed by atoms with Gasteiger partial charge in [0.25, 0.3) is 5.91 Å². The molecule has 37 heavy (non-hydrogen) atoms. The van der Waals surface area contributed by atoms with Crippen LogP contribution in [0.3, 0.4) is 0 Å². The van der Waals surface area contributed by atoms with Crippen LogP contribution in [0, 0.1) is 0 Å². The number of rotatable bonds is 13. The second-order valence-corrected chi connectivity index (χ2v) is 7.99. The minimum absolute atomic E-state index is 0.186. The van der Waals surface area contributed by atoms with Gasteiger partial charge in [-0.3, -0.25) is 9.48 Å². The normalized spacial score (nSPS) is 10.7. The van der Waals surface area contributed by atoms with Crippen molar-refractivity contribution in [3.63, 3.8) is 0 Å². The van der Waals surface area contributed by atoms with E-state index >= 15 is 0 Å². The molecule has 0 fully saturated rings. The predicted molar refractivity (Wildman–Crippen MR) is 139 cm³/mol. The van der Waals surface area contributed by atoms with Crippen LogP contribution >= 0.6 is 0 Å². The molecule has 0 bridgehead atoms. The number of hydrogen-bond acceptors (Lipinski definition) is 7. The highest BCUT2D eigenvalue weighted by Gasteiger charge is 2.14. The summed E-state index contributed by atoms with van der Waals surface area (Å²) < 4.78 is 29.9. The number of carbonyl (C=O) groups excluding carboxylic acids is 1. The zero-order valence-corrected chi connectivity index (χ0v) is 21.2. The Kier molecular flexibility index (Phi) is 8.70. The summed E-state index contributed by atoms with van der Waals surface area (Å²) in [4.78, 5) is 12.7. The van der Waals surface area contributed by atoms with Gasteiger partial charge in [0.15, 0.2) is 17.3 Å². The van der Waals surface area contributed by atoms with E-state index in [1.807, 2.05) is 63.2 Å². The summed E-state index contributed by atoms with van der Waals surface area (Å²) >= 11 is 0. The monoisotopic (exact) mass is 505 g/mol. The largest absolute Gasteiger partial charge is 0.494 e. The highest BCUT2D eigenvalue weighted by molar-refractivity contribution is 6.02. The van der Waals surface area contributed by atoms with Crippen molar-refractivity contribution in [3.05, 3.63) is 84.1 Å². The first-order valence-corrected chi connectivity index (χ1v) is 12.2. The number of carbonyl (C=O) groups is 1. The third-order valence-corrected chi connectivity index (χ3v) is 5.24. The first kappa shape index (κ1) is 25.7. The molecule has 0 saturated carbocycles. The summed E-state index contributed by atoms with van der Waals surface area (Å²) in [5, 5.41) is 7.16. The van der Waals surface area contributed by atoms with Crippen molar-refractivity contribution in [1.29, 1.82) is 0 Å². The summed E-state index contributed by atoms with van der Waals surface area (Å²) in [6.45, 7) is 8.23. The van der Waals surface area contributed by atoms with Crippen molar-refractivity contribution in [2.75, 3.05) is 25.1 Å². The van der Waals surface area contributed by atoms with Gasteiger partial charge in [-0.25, -0.2) is 0 Å². The third-order valence-electron chi connectivity index (χ3n) is 5.24. The van der Waals surface area contributed by atoms with Crippen molar-refractivity contribution >= 4 is 11.6 Å². The lowest BCUT2D eigenvalue weighted by molar-refractivity contribution is 0.0992. The van der Waals surface area contributed by atoms with E-state index in [1.165, 1.54) is 0 Å². The number of ether oxygens (including phenoxy) is 4. The SMILES string of the molecule is CCOc1ccc(OCc2ccc(C(=O)Nc3cnn(Cc4ccc(OCC)c(OCC)c4)c3)o2)cc1. The Labute approximate surface area is 215 Å². The number of hydrogen-bond donors (Lipinski definition) is 1. The molecular weight excluding hydrogens is 474 g/mol. The molecule has 1 amide bonds. The van der Waals surface area contributed by atoms with Gasteiger partial charge in [-0.15, -0.1) is 0 Å². The Morgan fingerprint density at radius 2 is 1.57 bits per heavy atom. The molecule has 0 radical (unpaired) electrons. The van der Waals surface area contributed by atoms with Crippen LogP contribution in [-0.4, -0.2) is 35.5 Å². The molecule has 0 unspecified atom stereocenters. The minimum atomic E-state index is -0.369. The molecule has 9 heteroatoms. The average Bonchev–Trinajstić information content (AvgIpc) is 3.55. The Balaban J connectivity index is 1.31. The van der Waals surface area contributed by atoms with Gasteiger partial charge >= 0.3 is 0 Å². The molecule has 2 aromatic heterocycles. The van der Waals surface area contributed by atoms with Crippen LogP contribution in [0.5, 0.6) is 23.0 Å². The molecule has 4 rings (SSSR count). The zero-order chi connectivity index (χ0) is 26.0. The van der Waals surface area contributed by atoms with Crippen molar-refractivity contribution in [1.82, 2.24) is 9.78 Å². The van der Waals surface area contributed by atoms with Crippen LogP contribution in [0.4, 0.5) is 5.69 Å². The number of benzene rings is 2. The lowest BCUT2D eigenvalue weighted by Gasteiger charge is -2.12. The topological polar surface area (TPSA) is 97.0 Å². The van der Waals surface area contributed by atoms with Crippen molar-refractivity contribution in [3.8, 4) is 23.0 Å². The lowest BCUT2D eigenvalue weighted by atomic mass is 10.2. The van der Waals surface area contributed by atoms with Gasteiger partial charge in [0.1, 0.15) is 23.9 Å². The van der Waals surface area contributed by atoms with E-state index in [1.54, 1.807) is 29.2 Å². The van der Waals surface area contributed by atoms with E-state index in [0.717, 1.165) is 11.3 Å². The fraction of sp³-hybridized carbons (Fsp3) is 0.286. The van der Waals surface area contributed by atoms with Gasteiger partial charge in [0, 0.05) is 6.20 Å². The Hall–Kier alpha value is -4.40. The summed E-state index contributed by atoms with van der Waals surface area (Å²) in [5.74, 6) is 3.23. The third kappa shape index (κ3) is 7.07. The second kappa shape index (κ2) is 12.5. The standard InChI is InChI=1S/C28H31N3O6/c1-4-33-22-8-10-23(11-9-22)36-19-24-12-14-26(37-24)28(32)30-21-16-29-31(18-21)17-20-7-13-25(34-5-2)27(15-20)35-6-3/h7-16,18H,4-6,17,19H2,1-3H3,(H,30,32). The van der Waals surface area contributed by atoms with Gasteiger partial charge in [-0.2, -0.15) is 5.10 Å². The molecule has 0 aliphatic rings. The van der Waals surface area contributed by atoms with Crippen molar-refractivity contribution < 1.29 is 28.2 Å². The predicted octanol–water partition coefficient (Wildman–Crippen LogP) is 5.55. The lowest BCUT2D eigenvalue weighted by Crippen LogP contribution is -2.10. The molecule has 0 atom stereocenters. The maximum Gasteiger partial charge on any atom is 0.291 e. The van der Waals surface area contributed by atoms with Crippen LogP contribution in [-0.2, 0) is 13.2 Å². The molecule has 2 heterocycles. The first-order valence-electron chi connectivity index (χ1n) is 12.2. The highest BCUT2D eigenvalue weighted by atomic mass is 16.5. The van der Waals surface area contributed by atoms with Crippen LogP contribution in [0.1, 0.15) is 42.6 Å². The molecule has 0 saturated heterocycles. The molecule has 0 aliphatic carbocycles. The molecular formula is C28H31N3O6. The summed E-state index contributed by atoms with van der Waals surface area (Å²) in [6.07, 6.45) is 3.35. The Morgan fingerprint density at radius 1 is 0.865 bits per heavy atom. The molecule has 0 spiro atoms. The first-order chi connectivity index (χ1) is 18.1. The average molecular weight is 506 g/mol. The van der Waals surface area contributed by atoms with Crippen molar-refractivity contribution in [2.24, 2.45) is 0 Å². The maximum absolute atomic E-state index is 12.7. The summed E-state index contributed by atoms with van der Waals surface area (Å²) in [5.41, 5.74) is 1.56. The number of nitrogens with zero attached hydrogens (tertiary/aromatic N) is 2. The second-order valence-electron chi connectivity index (χ2n) is 7.99. The molecule has 4 aromatic rings. The van der Waals surface area contributed by atoms with E-state index in [4.69, 9.17) is 23.4 Å². The molecule has 2 aromatic carbocycles. The van der Waals surface area contributed by atoms with Gasteiger partial charge in [-0.1, -0.05) is 6.07 Å². The minimum Gasteiger partial charge on any atom is -0.494 e. The molecule has 194 valence electrons. The van der Waals surface area contributed by atoms with Crippen LogP contribution in [0.15, 0.2) is 71.4 Å². The van der Waals surface area contributed by atoms with E-state index in [0.29, 0.717) is 55.1 Å². The molecule has 1 N–H and O–H groups in total. The van der Waals surface area contributed by atoms with E-state index < -0.39 is 0 Å². The van der Waals surface area contributed by atoms with Gasteiger partial charge in [0.05, 0.1) is 38.2 Å². The quantitative estimate of drug-likeness (QED) is 0.254. The molecule has 0 aliphatic heterocycles. The van der Waals surface area contributed by atoms with Gasteiger partial charge in [-0.05, 0) is 74.9 Å². The number of anilines is 1. The van der Waals surface area contributed by atoms with Crippen molar-refractivity contribution in [2.45, 2.75) is 33.9 Å². The fourth-order valence-corrected chi connectivity index (χ4v) is 3.62. The van der Waals surface area contributed by atoms with Crippen LogP contribution < -0.4 is 24.3 Å². The number of amides is 1. The number of furan rings is 1.